The molecule has 1 rings (SSSR count). The van der Waals surface area contributed by atoms with Crippen molar-refractivity contribution in [2.75, 3.05) is 19.7 Å². The van der Waals surface area contributed by atoms with Crippen LogP contribution in [0.1, 0.15) is 47.0 Å². The van der Waals surface area contributed by atoms with E-state index in [4.69, 9.17) is 10.3 Å². The number of azide groups is 1. The molecule has 1 aliphatic rings. The molecule has 2 atom stereocenters. The zero-order valence-electron chi connectivity index (χ0n) is 13.0. The minimum absolute atomic E-state index is 0.177. The van der Waals surface area contributed by atoms with Crippen molar-refractivity contribution in [3.63, 3.8) is 0 Å². The van der Waals surface area contributed by atoms with E-state index in [1.807, 2.05) is 6.92 Å². The fraction of sp³-hybridized carbons (Fsp3) is 0.929. The number of ether oxygens (including phenoxy) is 1. The first-order valence-corrected chi connectivity index (χ1v) is 7.31. The molecule has 1 saturated carbocycles. The molecule has 20 heavy (non-hydrogen) atoms. The minimum Gasteiger partial charge on any atom is -0.465 e. The average molecular weight is 282 g/mol. The number of esters is 1. The number of rotatable bonds is 6. The summed E-state index contributed by atoms with van der Waals surface area (Å²) in [5.74, 6) is 0.0142. The Morgan fingerprint density at radius 2 is 2.20 bits per heavy atom. The molecule has 0 aromatic carbocycles. The standard InChI is InChI=1S/C14H26N4O2/c1-5-20-12(19)14(16-8-9-17-18-15)7-6-13(3,4)10-11(14)2/h11,16H,5-10H2,1-4H3. The summed E-state index contributed by atoms with van der Waals surface area (Å²) < 4.78 is 5.28. The monoisotopic (exact) mass is 282 g/mol. The maximum atomic E-state index is 12.4. The van der Waals surface area contributed by atoms with E-state index in [-0.39, 0.29) is 17.3 Å². The van der Waals surface area contributed by atoms with Crippen LogP contribution in [0.25, 0.3) is 10.4 Å². The molecule has 0 bridgehead atoms. The second-order valence-corrected chi connectivity index (χ2v) is 6.34. The predicted molar refractivity (Wildman–Crippen MR) is 78.2 cm³/mol. The Bertz CT molecular complexity index is 391. The van der Waals surface area contributed by atoms with Gasteiger partial charge in [0.05, 0.1) is 6.61 Å². The highest BCUT2D eigenvalue weighted by molar-refractivity contribution is 5.81. The molecule has 0 radical (unpaired) electrons. The topological polar surface area (TPSA) is 87.1 Å². The van der Waals surface area contributed by atoms with Gasteiger partial charge in [0.2, 0.25) is 0 Å². The van der Waals surface area contributed by atoms with Crippen LogP contribution >= 0.6 is 0 Å². The zero-order chi connectivity index (χ0) is 15.2. The molecule has 1 fully saturated rings. The van der Waals surface area contributed by atoms with Crippen molar-refractivity contribution in [1.29, 1.82) is 0 Å². The third-order valence-electron chi connectivity index (χ3n) is 4.25. The van der Waals surface area contributed by atoms with Gasteiger partial charge in [0.25, 0.3) is 0 Å². The summed E-state index contributed by atoms with van der Waals surface area (Å²) in [6.45, 7) is 9.61. The van der Waals surface area contributed by atoms with Crippen molar-refractivity contribution < 1.29 is 9.53 Å². The summed E-state index contributed by atoms with van der Waals surface area (Å²) in [5.41, 5.74) is 7.93. The van der Waals surface area contributed by atoms with E-state index in [9.17, 15) is 4.79 Å². The van der Waals surface area contributed by atoms with Gasteiger partial charge in [0, 0.05) is 18.0 Å². The Morgan fingerprint density at radius 3 is 2.75 bits per heavy atom. The Morgan fingerprint density at radius 1 is 1.50 bits per heavy atom. The summed E-state index contributed by atoms with van der Waals surface area (Å²) in [7, 11) is 0. The average Bonchev–Trinajstić information content (AvgIpc) is 2.36. The van der Waals surface area contributed by atoms with Gasteiger partial charge in [-0.2, -0.15) is 0 Å². The highest BCUT2D eigenvalue weighted by Gasteiger charge is 2.49. The van der Waals surface area contributed by atoms with Crippen LogP contribution in [0.15, 0.2) is 5.11 Å². The van der Waals surface area contributed by atoms with Crippen molar-refractivity contribution in [3.05, 3.63) is 10.4 Å². The summed E-state index contributed by atoms with van der Waals surface area (Å²) in [4.78, 5) is 15.2. The summed E-state index contributed by atoms with van der Waals surface area (Å²) in [6, 6.07) is 0. The Hall–Kier alpha value is -1.26. The van der Waals surface area contributed by atoms with Gasteiger partial charge in [-0.3, -0.25) is 4.79 Å². The van der Waals surface area contributed by atoms with Crippen LogP contribution in [0.5, 0.6) is 0 Å². The van der Waals surface area contributed by atoms with Crippen LogP contribution < -0.4 is 5.32 Å². The van der Waals surface area contributed by atoms with E-state index >= 15 is 0 Å². The van der Waals surface area contributed by atoms with E-state index in [1.54, 1.807) is 0 Å². The molecule has 0 spiro atoms. The van der Waals surface area contributed by atoms with Crippen molar-refractivity contribution in [3.8, 4) is 0 Å². The van der Waals surface area contributed by atoms with Gasteiger partial charge in [-0.25, -0.2) is 0 Å². The first-order chi connectivity index (χ1) is 9.38. The predicted octanol–water partition coefficient (Wildman–Crippen LogP) is 3.03. The van der Waals surface area contributed by atoms with Crippen LogP contribution in [0.4, 0.5) is 0 Å². The number of nitrogens with zero attached hydrogens (tertiary/aromatic N) is 3. The van der Waals surface area contributed by atoms with Crippen LogP contribution in [-0.4, -0.2) is 31.2 Å². The lowest BCUT2D eigenvalue weighted by molar-refractivity contribution is -0.157. The van der Waals surface area contributed by atoms with Gasteiger partial charge >= 0.3 is 5.97 Å². The van der Waals surface area contributed by atoms with Gasteiger partial charge < -0.3 is 10.1 Å². The molecule has 1 aliphatic carbocycles. The fourth-order valence-corrected chi connectivity index (χ4v) is 3.16. The third kappa shape index (κ3) is 3.87. The fourth-order valence-electron chi connectivity index (χ4n) is 3.16. The molecule has 6 heteroatoms. The van der Waals surface area contributed by atoms with E-state index in [1.165, 1.54) is 0 Å². The number of nitrogens with one attached hydrogen (secondary N) is 1. The number of carbonyl (C=O) groups is 1. The molecule has 0 aromatic rings. The highest BCUT2D eigenvalue weighted by atomic mass is 16.5. The van der Waals surface area contributed by atoms with Crippen LogP contribution in [0, 0.1) is 11.3 Å². The van der Waals surface area contributed by atoms with Gasteiger partial charge in [-0.15, -0.1) is 0 Å². The van der Waals surface area contributed by atoms with Gasteiger partial charge in [0.1, 0.15) is 5.54 Å². The molecule has 0 amide bonds. The van der Waals surface area contributed by atoms with E-state index < -0.39 is 5.54 Å². The number of carbonyl (C=O) groups excluding carboxylic acids is 1. The van der Waals surface area contributed by atoms with Crippen LogP contribution in [0.2, 0.25) is 0 Å². The lowest BCUT2D eigenvalue weighted by Gasteiger charge is -2.47. The number of hydrogen-bond acceptors (Lipinski definition) is 4. The lowest BCUT2D eigenvalue weighted by Crippen LogP contribution is -2.61. The van der Waals surface area contributed by atoms with E-state index in [0.717, 1.165) is 19.3 Å². The van der Waals surface area contributed by atoms with Gasteiger partial charge in [0.15, 0.2) is 0 Å². The smallest absolute Gasteiger partial charge is 0.326 e. The van der Waals surface area contributed by atoms with Crippen molar-refractivity contribution in [2.24, 2.45) is 16.4 Å². The largest absolute Gasteiger partial charge is 0.465 e. The SMILES string of the molecule is CCOC(=O)C1(NCCN=[N+]=[N-])CCC(C)(C)CC1C. The second kappa shape index (κ2) is 6.95. The van der Waals surface area contributed by atoms with Crippen LogP contribution in [0.3, 0.4) is 0 Å². The maximum absolute atomic E-state index is 12.4. The second-order valence-electron chi connectivity index (χ2n) is 6.34. The molecular weight excluding hydrogens is 256 g/mol. The Labute approximate surface area is 120 Å². The van der Waals surface area contributed by atoms with Crippen molar-refractivity contribution in [2.45, 2.75) is 52.5 Å². The first-order valence-electron chi connectivity index (χ1n) is 7.31. The molecule has 1 N–H and O–H groups in total. The molecule has 114 valence electrons. The summed E-state index contributed by atoms with van der Waals surface area (Å²) in [5, 5.41) is 6.81. The molecule has 6 nitrogen and oxygen atoms in total. The molecule has 0 aromatic heterocycles. The first kappa shape index (κ1) is 16.8. The summed E-state index contributed by atoms with van der Waals surface area (Å²) in [6.07, 6.45) is 2.71. The Kier molecular flexibility index (Phi) is 5.84. The van der Waals surface area contributed by atoms with Gasteiger partial charge in [-0.05, 0) is 43.1 Å². The Balaban J connectivity index is 2.84. The molecule has 0 heterocycles. The molecule has 2 unspecified atom stereocenters. The number of hydrogen-bond donors (Lipinski definition) is 1. The van der Waals surface area contributed by atoms with E-state index in [2.05, 4.69) is 36.1 Å². The lowest BCUT2D eigenvalue weighted by atomic mass is 9.63. The van der Waals surface area contributed by atoms with Crippen molar-refractivity contribution in [1.82, 2.24) is 5.32 Å². The maximum Gasteiger partial charge on any atom is 0.326 e. The minimum atomic E-state index is -0.642. The zero-order valence-corrected chi connectivity index (χ0v) is 13.0. The van der Waals surface area contributed by atoms with Gasteiger partial charge in [-0.1, -0.05) is 25.9 Å². The highest BCUT2D eigenvalue weighted by Crippen LogP contribution is 2.44. The summed E-state index contributed by atoms with van der Waals surface area (Å²) >= 11 is 0. The molecular formula is C14H26N4O2. The quantitative estimate of drug-likeness (QED) is 0.267. The van der Waals surface area contributed by atoms with E-state index in [0.29, 0.717) is 19.7 Å². The molecule has 0 saturated heterocycles. The third-order valence-corrected chi connectivity index (χ3v) is 4.25. The van der Waals surface area contributed by atoms with Crippen LogP contribution in [-0.2, 0) is 9.53 Å². The van der Waals surface area contributed by atoms with Crippen molar-refractivity contribution >= 4 is 5.97 Å². The molecule has 0 aliphatic heterocycles. The normalized spacial score (nSPS) is 28.5.